The molecule has 0 aliphatic carbocycles. The van der Waals surface area contributed by atoms with E-state index in [4.69, 9.17) is 25.8 Å². The summed E-state index contributed by atoms with van der Waals surface area (Å²) in [5.41, 5.74) is 4.24. The predicted octanol–water partition coefficient (Wildman–Crippen LogP) is 3.48. The summed E-state index contributed by atoms with van der Waals surface area (Å²) in [7, 11) is 3.63. The minimum absolute atomic E-state index is 0.144. The molecule has 2 aliphatic rings. The van der Waals surface area contributed by atoms with E-state index >= 15 is 0 Å². The zero-order chi connectivity index (χ0) is 24.4. The van der Waals surface area contributed by atoms with E-state index < -0.39 is 0 Å². The third kappa shape index (κ3) is 4.67. The first-order valence-corrected chi connectivity index (χ1v) is 11.9. The number of pyridine rings is 1. The zero-order valence-electron chi connectivity index (χ0n) is 19.7. The van der Waals surface area contributed by atoms with Gasteiger partial charge in [-0.3, -0.25) is 14.7 Å². The standard InChI is InChI=1S/C25H28ClN5O4/c1-31-10-11-34-13-15(31)14-35-20-12-27-8-6-16(20)22-23(21-18(29-22)7-9-28-25(21)32)30-19-5-3-4-17(26)24(19)33-2/h3-6,8,12,15,29-30H,7,9-11,13-14H2,1-2H3,(H,28,32)/t15-/m0/s1. The largest absolute Gasteiger partial charge is 0.493 e. The van der Waals surface area contributed by atoms with Crippen molar-refractivity contribution in [2.24, 2.45) is 0 Å². The molecule has 0 radical (unpaired) electrons. The van der Waals surface area contributed by atoms with Gasteiger partial charge in [-0.2, -0.15) is 0 Å². The smallest absolute Gasteiger partial charge is 0.255 e. The Bertz CT molecular complexity index is 1230. The first kappa shape index (κ1) is 23.5. The van der Waals surface area contributed by atoms with Crippen LogP contribution in [0.3, 0.4) is 0 Å². The van der Waals surface area contributed by atoms with Crippen molar-refractivity contribution in [3.63, 3.8) is 0 Å². The van der Waals surface area contributed by atoms with Crippen molar-refractivity contribution in [3.05, 3.63) is 52.9 Å². The van der Waals surface area contributed by atoms with Crippen molar-refractivity contribution in [2.45, 2.75) is 12.5 Å². The number of carbonyl (C=O) groups is 1. The molecule has 2 aliphatic heterocycles. The topological polar surface area (TPSA) is 101 Å². The first-order chi connectivity index (χ1) is 17.1. The third-order valence-electron chi connectivity index (χ3n) is 6.40. The molecule has 0 spiro atoms. The number of halogens is 1. The Morgan fingerprint density at radius 3 is 3.06 bits per heavy atom. The predicted molar refractivity (Wildman–Crippen MR) is 134 cm³/mol. The quantitative estimate of drug-likeness (QED) is 0.459. The number of para-hydroxylation sites is 1. The molecule has 0 saturated carbocycles. The van der Waals surface area contributed by atoms with E-state index in [0.29, 0.717) is 59.6 Å². The molecule has 4 heterocycles. The highest BCUT2D eigenvalue weighted by Crippen LogP contribution is 2.42. The SMILES string of the molecule is COc1c(Cl)cccc1Nc1c(-c2ccncc2OC[C@@H]2COCCN2C)[nH]c2c1C(=O)NCC2. The van der Waals surface area contributed by atoms with Gasteiger partial charge in [0.25, 0.3) is 5.91 Å². The van der Waals surface area contributed by atoms with Gasteiger partial charge in [-0.1, -0.05) is 17.7 Å². The number of ether oxygens (including phenoxy) is 3. The van der Waals surface area contributed by atoms with E-state index in [-0.39, 0.29) is 11.9 Å². The van der Waals surface area contributed by atoms with Crippen LogP contribution in [0.1, 0.15) is 16.1 Å². The lowest BCUT2D eigenvalue weighted by Gasteiger charge is -2.32. The molecule has 1 atom stereocenters. The van der Waals surface area contributed by atoms with E-state index in [9.17, 15) is 4.79 Å². The summed E-state index contributed by atoms with van der Waals surface area (Å²) in [5, 5.41) is 6.81. The second-order valence-corrected chi connectivity index (χ2v) is 8.98. The number of aromatic nitrogens is 2. The monoisotopic (exact) mass is 497 g/mol. The van der Waals surface area contributed by atoms with E-state index in [0.717, 1.165) is 30.1 Å². The molecule has 9 nitrogen and oxygen atoms in total. The normalized spacial score (nSPS) is 18.0. The van der Waals surface area contributed by atoms with Crippen LogP contribution in [-0.2, 0) is 11.2 Å². The van der Waals surface area contributed by atoms with Gasteiger partial charge >= 0.3 is 0 Å². The molecular formula is C25H28ClN5O4. The molecule has 2 aromatic heterocycles. The maximum absolute atomic E-state index is 12.9. The fourth-order valence-electron chi connectivity index (χ4n) is 4.46. The maximum Gasteiger partial charge on any atom is 0.255 e. The number of methoxy groups -OCH3 is 1. The minimum Gasteiger partial charge on any atom is -0.493 e. The van der Waals surface area contributed by atoms with Crippen LogP contribution in [0.25, 0.3) is 11.3 Å². The molecule has 3 aromatic rings. The van der Waals surface area contributed by atoms with Gasteiger partial charge in [0.15, 0.2) is 5.75 Å². The van der Waals surface area contributed by atoms with Crippen LogP contribution in [0.4, 0.5) is 11.4 Å². The van der Waals surface area contributed by atoms with Crippen LogP contribution in [0.15, 0.2) is 36.7 Å². The summed E-state index contributed by atoms with van der Waals surface area (Å²) in [6.07, 6.45) is 4.10. The summed E-state index contributed by atoms with van der Waals surface area (Å²) in [5.74, 6) is 0.971. The molecule has 5 rings (SSSR count). The van der Waals surface area contributed by atoms with Crippen LogP contribution in [0, 0.1) is 0 Å². The van der Waals surface area contributed by atoms with Crippen molar-refractivity contribution in [1.29, 1.82) is 0 Å². The Balaban J connectivity index is 1.55. The Morgan fingerprint density at radius 1 is 1.34 bits per heavy atom. The third-order valence-corrected chi connectivity index (χ3v) is 6.70. The number of amides is 1. The van der Waals surface area contributed by atoms with Gasteiger partial charge in [0.2, 0.25) is 0 Å². The molecule has 10 heteroatoms. The Morgan fingerprint density at radius 2 is 2.23 bits per heavy atom. The Hall–Kier alpha value is -3.27. The van der Waals surface area contributed by atoms with Crippen LogP contribution in [0.5, 0.6) is 11.5 Å². The van der Waals surface area contributed by atoms with Crippen LogP contribution >= 0.6 is 11.6 Å². The lowest BCUT2D eigenvalue weighted by molar-refractivity contribution is -0.0107. The van der Waals surface area contributed by atoms with Crippen molar-refractivity contribution in [3.8, 4) is 22.8 Å². The molecule has 184 valence electrons. The van der Waals surface area contributed by atoms with Crippen molar-refractivity contribution < 1.29 is 19.0 Å². The minimum atomic E-state index is -0.144. The van der Waals surface area contributed by atoms with E-state index in [1.807, 2.05) is 18.2 Å². The Labute approximate surface area is 208 Å². The summed E-state index contributed by atoms with van der Waals surface area (Å²) < 4.78 is 17.4. The van der Waals surface area contributed by atoms with Gasteiger partial charge in [0, 0.05) is 37.0 Å². The van der Waals surface area contributed by atoms with Gasteiger partial charge in [0.05, 0.1) is 60.2 Å². The zero-order valence-corrected chi connectivity index (χ0v) is 20.4. The number of hydrogen-bond donors (Lipinski definition) is 3. The second kappa shape index (κ2) is 10.2. The highest BCUT2D eigenvalue weighted by atomic mass is 35.5. The van der Waals surface area contributed by atoms with E-state index in [2.05, 4.69) is 32.5 Å². The highest BCUT2D eigenvalue weighted by molar-refractivity contribution is 6.32. The molecule has 3 N–H and O–H groups in total. The molecule has 1 fully saturated rings. The van der Waals surface area contributed by atoms with Gasteiger partial charge < -0.3 is 29.8 Å². The fraction of sp³-hybridized carbons (Fsp3) is 0.360. The number of anilines is 2. The summed E-state index contributed by atoms with van der Waals surface area (Å²) in [6.45, 7) is 3.23. The average molecular weight is 498 g/mol. The number of rotatable bonds is 7. The lowest BCUT2D eigenvalue weighted by Crippen LogP contribution is -2.46. The Kier molecular flexibility index (Phi) is 6.81. The molecule has 0 unspecified atom stereocenters. The van der Waals surface area contributed by atoms with E-state index in [1.54, 1.807) is 25.6 Å². The number of aromatic amines is 1. The fourth-order valence-corrected chi connectivity index (χ4v) is 4.71. The van der Waals surface area contributed by atoms with E-state index in [1.165, 1.54) is 0 Å². The number of morpholine rings is 1. The average Bonchev–Trinajstić information content (AvgIpc) is 3.23. The summed E-state index contributed by atoms with van der Waals surface area (Å²) >= 11 is 6.36. The number of H-pyrrole nitrogens is 1. The van der Waals surface area contributed by atoms with Gasteiger partial charge in [-0.15, -0.1) is 0 Å². The van der Waals surface area contributed by atoms with Crippen LogP contribution < -0.4 is 20.1 Å². The highest BCUT2D eigenvalue weighted by Gasteiger charge is 2.29. The second-order valence-electron chi connectivity index (χ2n) is 8.57. The summed E-state index contributed by atoms with van der Waals surface area (Å²) in [6, 6.07) is 7.47. The number of carbonyl (C=O) groups excluding carboxylic acids is 1. The van der Waals surface area contributed by atoms with Gasteiger partial charge in [-0.05, 0) is 25.2 Å². The molecule has 35 heavy (non-hydrogen) atoms. The van der Waals surface area contributed by atoms with Crippen LogP contribution in [-0.4, -0.2) is 73.9 Å². The first-order valence-electron chi connectivity index (χ1n) is 11.5. The number of nitrogens with one attached hydrogen (secondary N) is 3. The number of likely N-dealkylation sites (N-methyl/N-ethyl adjacent to an activating group) is 1. The van der Waals surface area contributed by atoms with Gasteiger partial charge in [-0.25, -0.2) is 0 Å². The summed E-state index contributed by atoms with van der Waals surface area (Å²) in [4.78, 5) is 22.9. The number of benzene rings is 1. The number of fused-ring (bicyclic) bond motifs is 1. The molecule has 0 bridgehead atoms. The lowest BCUT2D eigenvalue weighted by atomic mass is 10.0. The number of hydrogen-bond acceptors (Lipinski definition) is 7. The van der Waals surface area contributed by atoms with Crippen molar-refractivity contribution >= 4 is 28.9 Å². The van der Waals surface area contributed by atoms with Gasteiger partial charge in [0.1, 0.15) is 12.4 Å². The molecule has 1 saturated heterocycles. The molecular weight excluding hydrogens is 470 g/mol. The van der Waals surface area contributed by atoms with Crippen molar-refractivity contribution in [1.82, 2.24) is 20.2 Å². The van der Waals surface area contributed by atoms with Crippen LogP contribution in [0.2, 0.25) is 5.02 Å². The maximum atomic E-state index is 12.9. The number of nitrogens with zero attached hydrogens (tertiary/aromatic N) is 2. The van der Waals surface area contributed by atoms with Crippen molar-refractivity contribution in [2.75, 3.05) is 52.4 Å². The molecule has 1 aromatic carbocycles. The molecule has 1 amide bonds.